The van der Waals surface area contributed by atoms with Gasteiger partial charge in [-0.3, -0.25) is 9.59 Å². The first-order valence-corrected chi connectivity index (χ1v) is 6.77. The summed E-state index contributed by atoms with van der Waals surface area (Å²) in [5, 5.41) is 2.68. The van der Waals surface area contributed by atoms with Crippen LogP contribution in [0.4, 0.5) is 5.69 Å². The van der Waals surface area contributed by atoms with E-state index < -0.39 is 5.91 Å². The van der Waals surface area contributed by atoms with E-state index in [9.17, 15) is 9.59 Å². The van der Waals surface area contributed by atoms with Crippen molar-refractivity contribution in [3.63, 3.8) is 0 Å². The van der Waals surface area contributed by atoms with Gasteiger partial charge in [0, 0.05) is 16.1 Å². The zero-order valence-electron chi connectivity index (χ0n) is 10.1. The predicted molar refractivity (Wildman–Crippen MR) is 85.0 cm³/mol. The van der Waals surface area contributed by atoms with Crippen LogP contribution in [0.25, 0.3) is 0 Å². The lowest BCUT2D eigenvalue weighted by Gasteiger charge is -2.08. The second-order valence-electron chi connectivity index (χ2n) is 3.94. The van der Waals surface area contributed by atoms with Crippen molar-refractivity contribution < 1.29 is 4.79 Å². The number of carbonyl (C=O) groups excluding carboxylic acids is 1. The molecule has 1 aromatic heterocycles. The number of rotatable bonds is 3. The maximum atomic E-state index is 12.0. The summed E-state index contributed by atoms with van der Waals surface area (Å²) in [6.07, 6.45) is 0. The number of pyridine rings is 1. The normalized spacial score (nSPS) is 10.1. The molecule has 1 heterocycles. The number of amides is 1. The largest absolute Gasteiger partial charge is 0.389 e. The molecule has 1 amide bonds. The topological polar surface area (TPSA) is 88.0 Å². The number of benzene rings is 1. The van der Waals surface area contributed by atoms with E-state index in [2.05, 4.69) is 26.2 Å². The van der Waals surface area contributed by atoms with Crippen molar-refractivity contribution >= 4 is 44.7 Å². The van der Waals surface area contributed by atoms with Gasteiger partial charge in [0.15, 0.2) is 0 Å². The standard InChI is InChI=1S/C13H10BrN3O2S/c14-8-6-7(12(15)20)4-5-9(8)17-13(19)10-2-1-3-11(18)16-10/h1-6H,(H2,15,20)(H,16,18)(H,17,19). The van der Waals surface area contributed by atoms with Crippen molar-refractivity contribution in [1.82, 2.24) is 4.98 Å². The molecule has 0 aliphatic rings. The van der Waals surface area contributed by atoms with E-state index in [1.54, 1.807) is 18.2 Å². The van der Waals surface area contributed by atoms with Crippen LogP contribution in [-0.2, 0) is 0 Å². The van der Waals surface area contributed by atoms with E-state index in [0.717, 1.165) is 0 Å². The summed E-state index contributed by atoms with van der Waals surface area (Å²) in [7, 11) is 0. The van der Waals surface area contributed by atoms with Crippen LogP contribution in [0.5, 0.6) is 0 Å². The van der Waals surface area contributed by atoms with E-state index in [1.165, 1.54) is 18.2 Å². The Hall–Kier alpha value is -1.99. The lowest BCUT2D eigenvalue weighted by Crippen LogP contribution is -2.18. The number of anilines is 1. The molecule has 2 aromatic rings. The first-order chi connectivity index (χ1) is 9.47. The van der Waals surface area contributed by atoms with Crippen molar-refractivity contribution in [3.05, 3.63) is 62.5 Å². The zero-order chi connectivity index (χ0) is 14.7. The molecule has 0 radical (unpaired) electrons. The minimum atomic E-state index is -0.411. The SMILES string of the molecule is NC(=S)c1ccc(NC(=O)c2cccc(=O)[nH]2)c(Br)c1. The van der Waals surface area contributed by atoms with Crippen molar-refractivity contribution in [2.75, 3.05) is 5.32 Å². The van der Waals surface area contributed by atoms with E-state index in [0.29, 0.717) is 15.7 Å². The molecule has 0 unspecified atom stereocenters. The molecule has 0 aliphatic carbocycles. The lowest BCUT2D eigenvalue weighted by molar-refractivity contribution is 0.102. The Morgan fingerprint density at radius 3 is 2.65 bits per heavy atom. The van der Waals surface area contributed by atoms with E-state index in [4.69, 9.17) is 18.0 Å². The van der Waals surface area contributed by atoms with Crippen LogP contribution in [0, 0.1) is 0 Å². The number of halogens is 1. The first-order valence-electron chi connectivity index (χ1n) is 5.57. The van der Waals surface area contributed by atoms with Gasteiger partial charge in [0.05, 0.1) is 5.69 Å². The summed E-state index contributed by atoms with van der Waals surface area (Å²) in [6, 6.07) is 9.47. The van der Waals surface area contributed by atoms with Crippen LogP contribution < -0.4 is 16.6 Å². The van der Waals surface area contributed by atoms with Gasteiger partial charge in [-0.2, -0.15) is 0 Å². The Bertz CT molecular complexity index is 742. The van der Waals surface area contributed by atoms with Crippen LogP contribution in [0.15, 0.2) is 45.7 Å². The molecule has 0 aliphatic heterocycles. The molecule has 0 saturated heterocycles. The van der Waals surface area contributed by atoms with Crippen molar-refractivity contribution in [1.29, 1.82) is 0 Å². The highest BCUT2D eigenvalue weighted by Gasteiger charge is 2.10. The maximum Gasteiger partial charge on any atom is 0.272 e. The molecule has 5 nitrogen and oxygen atoms in total. The number of nitrogens with two attached hydrogens (primary N) is 1. The number of carbonyl (C=O) groups is 1. The van der Waals surface area contributed by atoms with E-state index >= 15 is 0 Å². The zero-order valence-corrected chi connectivity index (χ0v) is 12.5. The number of aromatic nitrogens is 1. The maximum absolute atomic E-state index is 12.0. The quantitative estimate of drug-likeness (QED) is 0.738. The summed E-state index contributed by atoms with van der Waals surface area (Å²) in [6.45, 7) is 0. The average molecular weight is 352 g/mol. The van der Waals surface area contributed by atoms with Crippen LogP contribution in [0.1, 0.15) is 16.1 Å². The minimum absolute atomic E-state index is 0.183. The number of nitrogens with one attached hydrogen (secondary N) is 2. The van der Waals surface area contributed by atoms with Gasteiger partial charge < -0.3 is 16.0 Å². The van der Waals surface area contributed by atoms with Crippen molar-refractivity contribution in [2.24, 2.45) is 5.73 Å². The van der Waals surface area contributed by atoms with Crippen LogP contribution in [-0.4, -0.2) is 15.9 Å². The first kappa shape index (κ1) is 14.4. The fraction of sp³-hybridized carbons (Fsp3) is 0. The lowest BCUT2D eigenvalue weighted by atomic mass is 10.2. The molecule has 0 saturated carbocycles. The molecule has 0 bridgehead atoms. The summed E-state index contributed by atoms with van der Waals surface area (Å²) in [5.74, 6) is -0.411. The minimum Gasteiger partial charge on any atom is -0.389 e. The van der Waals surface area contributed by atoms with Gasteiger partial charge in [-0.25, -0.2) is 0 Å². The molecule has 4 N–H and O–H groups in total. The fourth-order valence-corrected chi connectivity index (χ4v) is 2.14. The second kappa shape index (κ2) is 5.98. The second-order valence-corrected chi connectivity index (χ2v) is 5.24. The van der Waals surface area contributed by atoms with E-state index in [-0.39, 0.29) is 16.2 Å². The molecule has 2 rings (SSSR count). The summed E-state index contributed by atoms with van der Waals surface area (Å²) in [5.41, 5.74) is 6.62. The Labute approximate surface area is 128 Å². The molecule has 20 heavy (non-hydrogen) atoms. The highest BCUT2D eigenvalue weighted by molar-refractivity contribution is 9.10. The summed E-state index contributed by atoms with van der Waals surface area (Å²) in [4.78, 5) is 25.9. The van der Waals surface area contributed by atoms with Gasteiger partial charge in [-0.15, -0.1) is 0 Å². The highest BCUT2D eigenvalue weighted by atomic mass is 79.9. The van der Waals surface area contributed by atoms with Gasteiger partial charge >= 0.3 is 0 Å². The van der Waals surface area contributed by atoms with Gasteiger partial charge in [0.1, 0.15) is 10.7 Å². The highest BCUT2D eigenvalue weighted by Crippen LogP contribution is 2.24. The van der Waals surface area contributed by atoms with Gasteiger partial charge in [-0.1, -0.05) is 18.3 Å². The third kappa shape index (κ3) is 3.31. The third-order valence-corrected chi connectivity index (χ3v) is 3.41. The average Bonchev–Trinajstić information content (AvgIpc) is 2.40. The van der Waals surface area contributed by atoms with E-state index in [1.807, 2.05) is 0 Å². The Balaban J connectivity index is 2.24. The fourth-order valence-electron chi connectivity index (χ4n) is 1.54. The van der Waals surface area contributed by atoms with Gasteiger partial charge in [0.2, 0.25) is 5.56 Å². The Kier molecular flexibility index (Phi) is 4.31. The molecule has 0 fully saturated rings. The van der Waals surface area contributed by atoms with Gasteiger partial charge in [0.25, 0.3) is 5.91 Å². The van der Waals surface area contributed by atoms with Crippen LogP contribution in [0.3, 0.4) is 0 Å². The Morgan fingerprint density at radius 1 is 1.30 bits per heavy atom. The van der Waals surface area contributed by atoms with Crippen molar-refractivity contribution in [3.8, 4) is 0 Å². The molecule has 0 atom stereocenters. The smallest absolute Gasteiger partial charge is 0.272 e. The summed E-state index contributed by atoms with van der Waals surface area (Å²) >= 11 is 8.20. The molecule has 7 heteroatoms. The van der Waals surface area contributed by atoms with Crippen LogP contribution >= 0.6 is 28.1 Å². The van der Waals surface area contributed by atoms with Crippen molar-refractivity contribution in [2.45, 2.75) is 0 Å². The number of aromatic amines is 1. The molecule has 0 spiro atoms. The molecule has 1 aromatic carbocycles. The monoisotopic (exact) mass is 351 g/mol. The number of H-pyrrole nitrogens is 1. The molecule has 102 valence electrons. The number of hydrogen-bond donors (Lipinski definition) is 3. The predicted octanol–water partition coefficient (Wildman–Crippen LogP) is 2.02. The number of hydrogen-bond acceptors (Lipinski definition) is 3. The molecular formula is C13H10BrN3O2S. The summed E-state index contributed by atoms with van der Waals surface area (Å²) < 4.78 is 0.648. The third-order valence-electron chi connectivity index (χ3n) is 2.51. The number of thiocarbonyl (C=S) groups is 1. The Morgan fingerprint density at radius 2 is 2.05 bits per heavy atom. The van der Waals surface area contributed by atoms with Crippen LogP contribution in [0.2, 0.25) is 0 Å². The molecular weight excluding hydrogens is 342 g/mol. The van der Waals surface area contributed by atoms with Gasteiger partial charge in [-0.05, 0) is 40.2 Å².